The molecule has 0 bridgehead atoms. The lowest BCUT2D eigenvalue weighted by Crippen LogP contribution is -2.17. The van der Waals surface area contributed by atoms with Gasteiger partial charge in [-0.15, -0.1) is 10.2 Å². The molecule has 6 nitrogen and oxygen atoms in total. The van der Waals surface area contributed by atoms with Gasteiger partial charge in [-0.2, -0.15) is 5.10 Å². The molecule has 3 aromatic rings. The molecule has 2 N–H and O–H groups in total. The Hall–Kier alpha value is -2.26. The fourth-order valence-corrected chi connectivity index (χ4v) is 3.00. The van der Waals surface area contributed by atoms with Crippen molar-refractivity contribution in [3.8, 4) is 11.3 Å². The maximum absolute atomic E-state index is 13.9. The van der Waals surface area contributed by atoms with Crippen molar-refractivity contribution in [2.75, 3.05) is 12.3 Å². The molecule has 0 aliphatic heterocycles. The summed E-state index contributed by atoms with van der Waals surface area (Å²) >= 11 is 1.60. The van der Waals surface area contributed by atoms with Crippen LogP contribution in [-0.2, 0) is 13.6 Å². The van der Waals surface area contributed by atoms with Crippen LogP contribution in [0, 0.1) is 11.6 Å². The van der Waals surface area contributed by atoms with Gasteiger partial charge in [-0.1, -0.05) is 11.8 Å². The van der Waals surface area contributed by atoms with E-state index in [0.717, 1.165) is 29.1 Å². The molecule has 126 valence electrons. The van der Waals surface area contributed by atoms with Gasteiger partial charge >= 0.3 is 0 Å². The molecule has 0 aliphatic carbocycles. The van der Waals surface area contributed by atoms with Gasteiger partial charge in [-0.05, 0) is 12.1 Å². The highest BCUT2D eigenvalue weighted by molar-refractivity contribution is 7.99. The van der Waals surface area contributed by atoms with E-state index in [4.69, 9.17) is 0 Å². The van der Waals surface area contributed by atoms with Gasteiger partial charge in [0.1, 0.15) is 18.0 Å². The first-order valence-corrected chi connectivity index (χ1v) is 8.29. The predicted molar refractivity (Wildman–Crippen MR) is 87.4 cm³/mol. The van der Waals surface area contributed by atoms with Crippen LogP contribution in [0.2, 0.25) is 0 Å². The first-order valence-electron chi connectivity index (χ1n) is 7.30. The minimum atomic E-state index is -0.613. The molecule has 0 atom stereocenters. The summed E-state index contributed by atoms with van der Waals surface area (Å²) in [5.74, 6) is -0.389. The summed E-state index contributed by atoms with van der Waals surface area (Å²) in [6, 6.07) is 3.50. The highest BCUT2D eigenvalue weighted by Crippen LogP contribution is 2.24. The maximum Gasteiger partial charge on any atom is 0.190 e. The number of aryl methyl sites for hydroxylation is 1. The maximum atomic E-state index is 13.9. The molecule has 1 aromatic carbocycles. The Bertz CT molecular complexity index is 816. The van der Waals surface area contributed by atoms with Gasteiger partial charge in [-0.3, -0.25) is 5.10 Å². The van der Waals surface area contributed by atoms with E-state index in [2.05, 4.69) is 25.7 Å². The van der Waals surface area contributed by atoms with E-state index >= 15 is 0 Å². The molecule has 0 fully saturated rings. The van der Waals surface area contributed by atoms with E-state index in [1.807, 2.05) is 11.6 Å². The second kappa shape index (κ2) is 7.54. The number of hydrogen-bond acceptors (Lipinski definition) is 5. The van der Waals surface area contributed by atoms with Crippen LogP contribution in [0.15, 0.2) is 35.9 Å². The van der Waals surface area contributed by atoms with Crippen LogP contribution in [0.3, 0.4) is 0 Å². The van der Waals surface area contributed by atoms with Crippen molar-refractivity contribution < 1.29 is 8.78 Å². The Labute approximate surface area is 141 Å². The predicted octanol–water partition coefficient (Wildman–Crippen LogP) is 2.37. The van der Waals surface area contributed by atoms with E-state index in [0.29, 0.717) is 17.8 Å². The average molecular weight is 350 g/mol. The topological polar surface area (TPSA) is 71.4 Å². The minimum Gasteiger partial charge on any atom is -0.312 e. The third-order valence-electron chi connectivity index (χ3n) is 3.41. The molecule has 9 heteroatoms. The summed E-state index contributed by atoms with van der Waals surface area (Å²) in [6.07, 6.45) is 3.30. The molecule has 0 unspecified atom stereocenters. The fourth-order valence-electron chi connectivity index (χ4n) is 2.21. The molecule has 0 radical (unpaired) electrons. The average Bonchev–Trinajstić information content (AvgIpc) is 3.16. The van der Waals surface area contributed by atoms with Gasteiger partial charge in [0.15, 0.2) is 5.16 Å². The Morgan fingerprint density at radius 2 is 2.21 bits per heavy atom. The second-order valence-corrected chi connectivity index (χ2v) is 6.21. The molecule has 0 amide bonds. The standard InChI is InChI=1S/C15H16F2N6S/c1-23-9-20-22-15(23)24-5-4-18-7-10-8-19-21-14(10)12-3-2-11(16)6-13(12)17/h2-3,6,8-9,18H,4-5,7H2,1H3,(H,19,21). The first-order chi connectivity index (χ1) is 11.6. The molecule has 24 heavy (non-hydrogen) atoms. The van der Waals surface area contributed by atoms with Crippen molar-refractivity contribution in [3.05, 3.63) is 47.9 Å². The third-order valence-corrected chi connectivity index (χ3v) is 4.45. The smallest absolute Gasteiger partial charge is 0.190 e. The van der Waals surface area contributed by atoms with E-state index in [1.165, 1.54) is 12.1 Å². The van der Waals surface area contributed by atoms with Crippen molar-refractivity contribution >= 4 is 11.8 Å². The third kappa shape index (κ3) is 3.80. The lowest BCUT2D eigenvalue weighted by molar-refractivity contribution is 0.585. The lowest BCUT2D eigenvalue weighted by atomic mass is 10.1. The monoisotopic (exact) mass is 350 g/mol. The molecular weight excluding hydrogens is 334 g/mol. The molecule has 0 aliphatic rings. The molecule has 2 heterocycles. The van der Waals surface area contributed by atoms with E-state index < -0.39 is 11.6 Å². The van der Waals surface area contributed by atoms with Crippen molar-refractivity contribution in [1.82, 2.24) is 30.3 Å². The molecular formula is C15H16F2N6S. The summed E-state index contributed by atoms with van der Waals surface area (Å²) in [7, 11) is 1.89. The second-order valence-electron chi connectivity index (χ2n) is 5.14. The molecule has 3 rings (SSSR count). The van der Waals surface area contributed by atoms with E-state index in [1.54, 1.807) is 24.3 Å². The summed E-state index contributed by atoms with van der Waals surface area (Å²) in [6.45, 7) is 1.27. The molecule has 0 spiro atoms. The van der Waals surface area contributed by atoms with E-state index in [9.17, 15) is 8.78 Å². The van der Waals surface area contributed by atoms with Gasteiger partial charge in [0.2, 0.25) is 0 Å². The van der Waals surface area contributed by atoms with E-state index in [-0.39, 0.29) is 0 Å². The Kier molecular flexibility index (Phi) is 5.21. The highest BCUT2D eigenvalue weighted by atomic mass is 32.2. The van der Waals surface area contributed by atoms with Gasteiger partial charge in [0.05, 0.1) is 11.9 Å². The van der Waals surface area contributed by atoms with Crippen molar-refractivity contribution in [1.29, 1.82) is 0 Å². The number of nitrogens with zero attached hydrogens (tertiary/aromatic N) is 4. The van der Waals surface area contributed by atoms with Crippen LogP contribution in [0.25, 0.3) is 11.3 Å². The Balaban J connectivity index is 1.55. The zero-order chi connectivity index (χ0) is 16.9. The highest BCUT2D eigenvalue weighted by Gasteiger charge is 2.12. The molecule has 2 aromatic heterocycles. The fraction of sp³-hybridized carbons (Fsp3) is 0.267. The quantitative estimate of drug-likeness (QED) is 0.506. The minimum absolute atomic E-state index is 0.305. The number of benzene rings is 1. The molecule has 0 saturated carbocycles. The lowest BCUT2D eigenvalue weighted by Gasteiger charge is -2.07. The van der Waals surface area contributed by atoms with Crippen molar-refractivity contribution in [2.24, 2.45) is 7.05 Å². The number of rotatable bonds is 7. The largest absolute Gasteiger partial charge is 0.312 e. The van der Waals surface area contributed by atoms with Crippen LogP contribution >= 0.6 is 11.8 Å². The zero-order valence-electron chi connectivity index (χ0n) is 13.0. The summed E-state index contributed by atoms with van der Waals surface area (Å²) in [4.78, 5) is 0. The number of H-pyrrole nitrogens is 1. The Morgan fingerprint density at radius 3 is 2.96 bits per heavy atom. The number of nitrogens with one attached hydrogen (secondary N) is 2. The van der Waals surface area contributed by atoms with Gasteiger partial charge in [0.25, 0.3) is 0 Å². The summed E-state index contributed by atoms with van der Waals surface area (Å²) in [5.41, 5.74) is 1.68. The van der Waals surface area contributed by atoms with Crippen molar-refractivity contribution in [2.45, 2.75) is 11.7 Å². The van der Waals surface area contributed by atoms with Crippen LogP contribution in [0.4, 0.5) is 8.78 Å². The van der Waals surface area contributed by atoms with Crippen molar-refractivity contribution in [3.63, 3.8) is 0 Å². The first kappa shape index (κ1) is 16.6. The number of aromatic nitrogens is 5. The number of thioether (sulfide) groups is 1. The normalized spacial score (nSPS) is 11.1. The molecule has 0 saturated heterocycles. The van der Waals surface area contributed by atoms with Gasteiger partial charge in [0, 0.05) is 43.1 Å². The van der Waals surface area contributed by atoms with Crippen LogP contribution in [0.5, 0.6) is 0 Å². The Morgan fingerprint density at radius 1 is 1.33 bits per heavy atom. The van der Waals surface area contributed by atoms with Gasteiger partial charge < -0.3 is 9.88 Å². The summed E-state index contributed by atoms with van der Waals surface area (Å²) in [5, 5.41) is 18.7. The van der Waals surface area contributed by atoms with Gasteiger partial charge in [-0.25, -0.2) is 8.78 Å². The number of aromatic amines is 1. The van der Waals surface area contributed by atoms with Crippen LogP contribution < -0.4 is 5.32 Å². The summed E-state index contributed by atoms with van der Waals surface area (Å²) < 4.78 is 28.8. The number of halogens is 2. The SMILES string of the molecule is Cn1cnnc1SCCNCc1cn[nH]c1-c1ccc(F)cc1F. The zero-order valence-corrected chi connectivity index (χ0v) is 13.8. The van der Waals surface area contributed by atoms with Crippen LogP contribution in [-0.4, -0.2) is 37.3 Å². The van der Waals surface area contributed by atoms with Crippen LogP contribution in [0.1, 0.15) is 5.56 Å². The number of hydrogen-bond donors (Lipinski definition) is 2.